The van der Waals surface area contributed by atoms with Crippen LogP contribution in [-0.2, 0) is 10.5 Å². The van der Waals surface area contributed by atoms with Crippen LogP contribution in [0.5, 0.6) is 0 Å². The molecule has 0 fully saturated rings. The molecule has 24 heavy (non-hydrogen) atoms. The Balaban J connectivity index is 2.21. The Morgan fingerprint density at radius 2 is 2.29 bits per heavy atom. The molecule has 9 nitrogen and oxygen atoms in total. The van der Waals surface area contributed by atoms with Gasteiger partial charge in [-0.25, -0.2) is 9.78 Å². The van der Waals surface area contributed by atoms with Gasteiger partial charge in [-0.2, -0.15) is 17.0 Å². The monoisotopic (exact) mass is 353 g/mol. The van der Waals surface area contributed by atoms with E-state index in [1.54, 1.807) is 25.0 Å². The van der Waals surface area contributed by atoms with Crippen molar-refractivity contribution in [3.8, 4) is 6.19 Å². The number of carbonyl (C=O) groups is 1. The summed E-state index contributed by atoms with van der Waals surface area (Å²) in [5, 5.41) is 16.7. The highest BCUT2D eigenvalue weighted by Crippen LogP contribution is 2.11. The van der Waals surface area contributed by atoms with Gasteiger partial charge in [-0.3, -0.25) is 10.3 Å². The Morgan fingerprint density at radius 3 is 2.96 bits per heavy atom. The molecule has 0 unspecified atom stereocenters. The van der Waals surface area contributed by atoms with Crippen molar-refractivity contribution in [3.05, 3.63) is 17.7 Å². The number of H-pyrrole nitrogens is 1. The van der Waals surface area contributed by atoms with Crippen LogP contribution in [0.15, 0.2) is 11.3 Å². The second-order valence-electron chi connectivity index (χ2n) is 4.57. The molecule has 1 heterocycles. The molecule has 0 aliphatic rings. The number of nitrogens with zero attached hydrogens (tertiary/aromatic N) is 3. The van der Waals surface area contributed by atoms with Crippen molar-refractivity contribution in [3.63, 3.8) is 0 Å². The van der Waals surface area contributed by atoms with Gasteiger partial charge in [0.1, 0.15) is 0 Å². The second-order valence-corrected chi connectivity index (χ2v) is 5.67. The van der Waals surface area contributed by atoms with Gasteiger partial charge in [0.25, 0.3) is 0 Å². The number of nitrogens with one attached hydrogen (secondary N) is 4. The van der Waals surface area contributed by atoms with Crippen molar-refractivity contribution in [2.75, 3.05) is 32.0 Å². The third-order valence-corrected chi connectivity index (χ3v) is 3.76. The highest BCUT2D eigenvalue weighted by atomic mass is 32.2. The summed E-state index contributed by atoms with van der Waals surface area (Å²) in [5.41, 5.74) is 2.12. The first-order valence-corrected chi connectivity index (χ1v) is 8.73. The number of aromatic nitrogens is 2. The minimum absolute atomic E-state index is 0.331. The second kappa shape index (κ2) is 12.1. The number of aryl methyl sites for hydroxylation is 1. The summed E-state index contributed by atoms with van der Waals surface area (Å²) in [6, 6.07) is 0. The quantitative estimate of drug-likeness (QED) is 0.169. The van der Waals surface area contributed by atoms with Gasteiger partial charge in [-0.15, -0.1) is 0 Å². The number of hydrogen-bond acceptors (Lipinski definition) is 6. The number of rotatable bonds is 9. The van der Waals surface area contributed by atoms with Crippen molar-refractivity contribution in [2.45, 2.75) is 19.6 Å². The Bertz CT molecular complexity index is 568. The van der Waals surface area contributed by atoms with E-state index >= 15 is 0 Å². The lowest BCUT2D eigenvalue weighted by Crippen LogP contribution is -2.40. The summed E-state index contributed by atoms with van der Waals surface area (Å²) in [4.78, 5) is 22.7. The maximum Gasteiger partial charge on any atom is 0.407 e. The van der Waals surface area contributed by atoms with Gasteiger partial charge in [0.05, 0.1) is 25.2 Å². The number of amides is 1. The van der Waals surface area contributed by atoms with Crippen molar-refractivity contribution < 1.29 is 9.53 Å². The van der Waals surface area contributed by atoms with Gasteiger partial charge in [-0.05, 0) is 13.8 Å². The van der Waals surface area contributed by atoms with Crippen LogP contribution in [0.25, 0.3) is 0 Å². The summed E-state index contributed by atoms with van der Waals surface area (Å²) in [6.07, 6.45) is 3.06. The number of thioether (sulfide) groups is 1. The van der Waals surface area contributed by atoms with E-state index < -0.39 is 6.09 Å². The van der Waals surface area contributed by atoms with Crippen LogP contribution >= 0.6 is 11.8 Å². The lowest BCUT2D eigenvalue weighted by molar-refractivity contribution is 0.152. The summed E-state index contributed by atoms with van der Waals surface area (Å²) in [6.45, 7) is 5.44. The van der Waals surface area contributed by atoms with E-state index in [1.807, 2.05) is 13.1 Å². The molecule has 1 rings (SSSR count). The number of imidazole rings is 1. The van der Waals surface area contributed by atoms with Crippen LogP contribution in [0, 0.1) is 18.4 Å². The number of guanidine groups is 1. The van der Waals surface area contributed by atoms with E-state index in [2.05, 4.69) is 30.9 Å². The Hall–Kier alpha value is -2.41. The smallest absolute Gasteiger partial charge is 0.407 e. The van der Waals surface area contributed by atoms with Gasteiger partial charge in [-0.1, -0.05) is 0 Å². The molecule has 0 aliphatic carbocycles. The van der Waals surface area contributed by atoms with Gasteiger partial charge < -0.3 is 20.4 Å². The maximum atomic E-state index is 11.1. The van der Waals surface area contributed by atoms with Gasteiger partial charge >= 0.3 is 6.09 Å². The highest BCUT2D eigenvalue weighted by Gasteiger charge is 2.02. The van der Waals surface area contributed by atoms with Crippen molar-refractivity contribution in [2.24, 2.45) is 4.99 Å². The molecular weight excluding hydrogens is 330 g/mol. The average Bonchev–Trinajstić information content (AvgIpc) is 2.96. The fourth-order valence-electron chi connectivity index (χ4n) is 1.64. The molecule has 0 spiro atoms. The van der Waals surface area contributed by atoms with Crippen LogP contribution in [0.2, 0.25) is 0 Å². The van der Waals surface area contributed by atoms with Crippen molar-refractivity contribution >= 4 is 23.8 Å². The van der Waals surface area contributed by atoms with Crippen LogP contribution in [0.1, 0.15) is 18.3 Å². The zero-order chi connectivity index (χ0) is 17.6. The molecule has 1 amide bonds. The van der Waals surface area contributed by atoms with Crippen LogP contribution in [0.4, 0.5) is 4.79 Å². The van der Waals surface area contributed by atoms with E-state index in [4.69, 9.17) is 10.00 Å². The molecule has 0 atom stereocenters. The van der Waals surface area contributed by atoms with E-state index in [1.165, 1.54) is 0 Å². The van der Waals surface area contributed by atoms with Crippen LogP contribution < -0.4 is 16.0 Å². The fourth-order valence-corrected chi connectivity index (χ4v) is 2.49. The number of alkyl carbamates (subject to hydrolysis) is 1. The predicted octanol–water partition coefficient (Wildman–Crippen LogP) is 0.714. The largest absolute Gasteiger partial charge is 0.450 e. The molecule has 0 aromatic carbocycles. The summed E-state index contributed by atoms with van der Waals surface area (Å²) in [5.74, 6) is 2.02. The minimum atomic E-state index is -0.462. The molecule has 0 radical (unpaired) electrons. The lowest BCUT2D eigenvalue weighted by Gasteiger charge is -2.09. The van der Waals surface area contributed by atoms with Crippen molar-refractivity contribution in [1.82, 2.24) is 25.9 Å². The molecule has 0 aliphatic heterocycles. The molecule has 4 N–H and O–H groups in total. The highest BCUT2D eigenvalue weighted by molar-refractivity contribution is 7.98. The number of carbonyl (C=O) groups excluding carboxylic acids is 1. The van der Waals surface area contributed by atoms with Crippen LogP contribution in [-0.4, -0.2) is 54.0 Å². The van der Waals surface area contributed by atoms with E-state index in [0.29, 0.717) is 32.2 Å². The van der Waals surface area contributed by atoms with E-state index in [-0.39, 0.29) is 0 Å². The molecular formula is C14H23N7O2S. The van der Waals surface area contributed by atoms with E-state index in [9.17, 15) is 4.79 Å². The summed E-state index contributed by atoms with van der Waals surface area (Å²) < 4.78 is 4.74. The topological polar surface area (TPSA) is 127 Å². The molecule has 1 aromatic rings. The molecule has 10 heteroatoms. The maximum absolute atomic E-state index is 11.1. The average molecular weight is 353 g/mol. The third kappa shape index (κ3) is 8.28. The Labute approximate surface area is 145 Å². The molecule has 0 saturated carbocycles. The number of hydrogen-bond donors (Lipinski definition) is 4. The van der Waals surface area contributed by atoms with Gasteiger partial charge in [0, 0.05) is 30.3 Å². The SMILES string of the molecule is CCOC(=O)NCCNC(=NCCSCc1nc[nH]c1C)NC#N. The Morgan fingerprint density at radius 1 is 1.50 bits per heavy atom. The molecule has 0 saturated heterocycles. The zero-order valence-corrected chi connectivity index (χ0v) is 14.7. The first-order chi connectivity index (χ1) is 11.7. The molecule has 132 valence electrons. The third-order valence-electron chi connectivity index (χ3n) is 2.82. The number of aromatic amines is 1. The predicted molar refractivity (Wildman–Crippen MR) is 93.6 cm³/mol. The zero-order valence-electron chi connectivity index (χ0n) is 13.9. The number of nitriles is 1. The summed E-state index contributed by atoms with van der Waals surface area (Å²) in [7, 11) is 0. The Kier molecular flexibility index (Phi) is 9.87. The molecule has 0 bridgehead atoms. The number of ether oxygens (including phenoxy) is 1. The van der Waals surface area contributed by atoms with Crippen LogP contribution in [0.3, 0.4) is 0 Å². The van der Waals surface area contributed by atoms with Gasteiger partial charge in [0.2, 0.25) is 5.96 Å². The minimum Gasteiger partial charge on any atom is -0.450 e. The molecule has 1 aromatic heterocycles. The standard InChI is InChI=1S/C14H23N7O2S/c1-3-23-14(22)18-5-4-16-13(19-9-15)17-6-7-24-8-12-11(2)20-10-21-12/h10H,3-8H2,1-2H3,(H,18,22)(H,20,21)(H2,16,17,19). The first-order valence-electron chi connectivity index (χ1n) is 7.58. The van der Waals surface area contributed by atoms with Gasteiger partial charge in [0.15, 0.2) is 6.19 Å². The van der Waals surface area contributed by atoms with Crippen molar-refractivity contribution in [1.29, 1.82) is 5.26 Å². The first kappa shape index (κ1) is 19.6. The summed E-state index contributed by atoms with van der Waals surface area (Å²) >= 11 is 1.72. The lowest BCUT2D eigenvalue weighted by atomic mass is 10.4. The number of aliphatic imine (C=N–C) groups is 1. The normalized spacial score (nSPS) is 10.8. The fraction of sp³-hybridized carbons (Fsp3) is 0.571. The van der Waals surface area contributed by atoms with E-state index in [0.717, 1.165) is 22.9 Å².